The molecule has 1 heterocycles. The lowest BCUT2D eigenvalue weighted by Crippen LogP contribution is -2.68. The van der Waals surface area contributed by atoms with Crippen LogP contribution in [0.4, 0.5) is 0 Å². The van der Waals surface area contributed by atoms with Gasteiger partial charge in [-0.05, 0) is 21.5 Å². The number of benzene rings is 2. The SMILES string of the molecule is CC(C)(C)[Si](O[C@H]1CS(=O)(=O)[C@@H]2C=CC(=O)C[C@H]12)(c1ccccc1)c1ccccc1. The van der Waals surface area contributed by atoms with Crippen LogP contribution < -0.4 is 10.4 Å². The first kappa shape index (κ1) is 21.2. The Bertz CT molecular complexity index is 1020. The van der Waals surface area contributed by atoms with Gasteiger partial charge in [-0.1, -0.05) is 87.5 Å². The Hall–Kier alpha value is -2.02. The molecule has 6 heteroatoms. The van der Waals surface area contributed by atoms with Gasteiger partial charge >= 0.3 is 0 Å². The van der Waals surface area contributed by atoms with E-state index in [9.17, 15) is 13.2 Å². The highest BCUT2D eigenvalue weighted by Gasteiger charge is 2.56. The van der Waals surface area contributed by atoms with Crippen molar-refractivity contribution in [1.29, 1.82) is 0 Å². The molecule has 0 amide bonds. The molecule has 1 fully saturated rings. The van der Waals surface area contributed by atoms with Crippen molar-refractivity contribution in [2.45, 2.75) is 43.6 Å². The summed E-state index contributed by atoms with van der Waals surface area (Å²) in [6.07, 6.45) is 2.72. The number of allylic oxidation sites excluding steroid dienone is 1. The molecule has 30 heavy (non-hydrogen) atoms. The normalized spacial score (nSPS) is 25.8. The van der Waals surface area contributed by atoms with Gasteiger partial charge in [-0.2, -0.15) is 0 Å². The number of carbonyl (C=O) groups excluding carboxylic acids is 1. The monoisotopic (exact) mass is 440 g/mol. The molecule has 2 aliphatic rings. The van der Waals surface area contributed by atoms with Gasteiger partial charge in [-0.25, -0.2) is 8.42 Å². The Morgan fingerprint density at radius 3 is 1.97 bits per heavy atom. The van der Waals surface area contributed by atoms with Gasteiger partial charge in [0.25, 0.3) is 8.32 Å². The molecular formula is C24H28O4SSi. The van der Waals surface area contributed by atoms with Crippen LogP contribution in [0.5, 0.6) is 0 Å². The first-order valence-electron chi connectivity index (χ1n) is 10.4. The van der Waals surface area contributed by atoms with Gasteiger partial charge in [0.2, 0.25) is 0 Å². The molecule has 0 radical (unpaired) electrons. The highest BCUT2D eigenvalue weighted by atomic mass is 32.2. The molecule has 0 bridgehead atoms. The van der Waals surface area contributed by atoms with Crippen LogP contribution in [-0.4, -0.2) is 39.6 Å². The van der Waals surface area contributed by atoms with Gasteiger partial charge in [-0.15, -0.1) is 0 Å². The van der Waals surface area contributed by atoms with E-state index in [0.29, 0.717) is 0 Å². The number of rotatable bonds is 4. The first-order valence-corrected chi connectivity index (χ1v) is 14.0. The van der Waals surface area contributed by atoms with Crippen LogP contribution in [0.15, 0.2) is 72.8 Å². The fourth-order valence-corrected chi connectivity index (χ4v) is 12.0. The average molecular weight is 441 g/mol. The van der Waals surface area contributed by atoms with Crippen molar-refractivity contribution in [1.82, 2.24) is 0 Å². The fraction of sp³-hybridized carbons (Fsp3) is 0.375. The van der Waals surface area contributed by atoms with Gasteiger partial charge in [0.05, 0.1) is 17.1 Å². The Morgan fingerprint density at radius 2 is 1.47 bits per heavy atom. The highest BCUT2D eigenvalue weighted by molar-refractivity contribution is 7.92. The van der Waals surface area contributed by atoms with Crippen molar-refractivity contribution in [2.24, 2.45) is 5.92 Å². The van der Waals surface area contributed by atoms with Gasteiger partial charge in [0.15, 0.2) is 15.6 Å². The number of hydrogen-bond donors (Lipinski definition) is 0. The summed E-state index contributed by atoms with van der Waals surface area (Å²) in [7, 11) is -6.22. The molecule has 2 aromatic carbocycles. The van der Waals surface area contributed by atoms with Crippen molar-refractivity contribution in [3.63, 3.8) is 0 Å². The van der Waals surface area contributed by atoms with Crippen LogP contribution in [0.3, 0.4) is 0 Å². The summed E-state index contributed by atoms with van der Waals surface area (Å²) >= 11 is 0. The minimum atomic E-state index is -3.34. The largest absolute Gasteiger partial charge is 0.403 e. The van der Waals surface area contributed by atoms with Gasteiger partial charge in [0.1, 0.15) is 0 Å². The van der Waals surface area contributed by atoms with E-state index in [0.717, 1.165) is 10.4 Å². The summed E-state index contributed by atoms with van der Waals surface area (Å²) in [5.41, 5.74) is 0. The zero-order chi connectivity index (χ0) is 21.6. The van der Waals surface area contributed by atoms with Crippen molar-refractivity contribution >= 4 is 34.3 Å². The van der Waals surface area contributed by atoms with Crippen LogP contribution in [-0.2, 0) is 19.1 Å². The molecule has 1 saturated heterocycles. The lowest BCUT2D eigenvalue weighted by molar-refractivity contribution is -0.116. The standard InChI is InChI=1S/C24H28O4SSi/c1-24(2,3)30(19-10-6-4-7-11-19,20-12-8-5-9-13-20)28-22-17-29(26,27)23-15-14-18(25)16-21(22)23/h4-15,21-23H,16-17H2,1-3H3/t21-,22+,23-/m1/s1. The van der Waals surface area contributed by atoms with E-state index in [1.54, 1.807) is 6.08 Å². The molecule has 0 unspecified atom stereocenters. The van der Waals surface area contributed by atoms with Crippen LogP contribution in [0.25, 0.3) is 0 Å². The van der Waals surface area contributed by atoms with E-state index >= 15 is 0 Å². The lowest BCUT2D eigenvalue weighted by atomic mass is 9.89. The Labute approximate surface area is 180 Å². The number of carbonyl (C=O) groups is 1. The molecule has 0 saturated carbocycles. The third-order valence-electron chi connectivity index (χ3n) is 6.36. The zero-order valence-electron chi connectivity index (χ0n) is 17.6. The molecule has 0 N–H and O–H groups in total. The van der Waals surface area contributed by atoms with Crippen LogP contribution in [0.2, 0.25) is 5.04 Å². The summed E-state index contributed by atoms with van der Waals surface area (Å²) < 4.78 is 32.9. The average Bonchev–Trinajstić information content (AvgIpc) is 2.95. The molecule has 1 aliphatic carbocycles. The molecule has 0 spiro atoms. The maximum Gasteiger partial charge on any atom is 0.261 e. The predicted octanol–water partition coefficient (Wildman–Crippen LogP) is 2.87. The third-order valence-corrected chi connectivity index (χ3v) is 13.6. The molecule has 3 atom stereocenters. The molecule has 4 nitrogen and oxygen atoms in total. The van der Waals surface area contributed by atoms with Crippen molar-refractivity contribution < 1.29 is 17.6 Å². The Balaban J connectivity index is 1.88. The summed E-state index contributed by atoms with van der Waals surface area (Å²) in [4.78, 5) is 12.1. The van der Waals surface area contributed by atoms with Crippen LogP contribution >= 0.6 is 0 Å². The number of hydrogen-bond acceptors (Lipinski definition) is 4. The van der Waals surface area contributed by atoms with E-state index in [4.69, 9.17) is 4.43 Å². The molecule has 158 valence electrons. The summed E-state index contributed by atoms with van der Waals surface area (Å²) in [6.45, 7) is 6.52. The van der Waals surface area contributed by atoms with E-state index in [1.165, 1.54) is 6.08 Å². The third kappa shape index (κ3) is 3.51. The van der Waals surface area contributed by atoms with E-state index < -0.39 is 29.5 Å². The van der Waals surface area contributed by atoms with Crippen LogP contribution in [0, 0.1) is 5.92 Å². The summed E-state index contributed by atoms with van der Waals surface area (Å²) in [5, 5.41) is 1.36. The predicted molar refractivity (Wildman–Crippen MR) is 122 cm³/mol. The van der Waals surface area contributed by atoms with Crippen molar-refractivity contribution in [3.05, 3.63) is 72.8 Å². The molecule has 1 aliphatic heterocycles. The number of sulfone groups is 1. The maximum atomic E-state index is 12.9. The van der Waals surface area contributed by atoms with Gasteiger partial charge in [0, 0.05) is 12.3 Å². The second-order valence-corrected chi connectivity index (χ2v) is 15.8. The number of fused-ring (bicyclic) bond motifs is 1. The highest BCUT2D eigenvalue weighted by Crippen LogP contribution is 2.42. The number of ketones is 1. The van der Waals surface area contributed by atoms with E-state index in [-0.39, 0.29) is 28.9 Å². The quantitative estimate of drug-likeness (QED) is 0.686. The Morgan fingerprint density at radius 1 is 0.933 bits per heavy atom. The summed E-state index contributed by atoms with van der Waals surface area (Å²) in [5.74, 6) is -0.386. The van der Waals surface area contributed by atoms with Crippen LogP contribution in [0.1, 0.15) is 27.2 Å². The fourth-order valence-electron chi connectivity index (χ4n) is 4.99. The van der Waals surface area contributed by atoms with Gasteiger partial charge in [-0.3, -0.25) is 4.79 Å². The Kier molecular flexibility index (Phi) is 5.37. The van der Waals surface area contributed by atoms with E-state index in [1.807, 2.05) is 36.4 Å². The van der Waals surface area contributed by atoms with Crippen molar-refractivity contribution in [2.75, 3.05) is 5.75 Å². The first-order chi connectivity index (χ1) is 14.1. The van der Waals surface area contributed by atoms with Gasteiger partial charge < -0.3 is 4.43 Å². The molecular weight excluding hydrogens is 412 g/mol. The van der Waals surface area contributed by atoms with E-state index in [2.05, 4.69) is 45.0 Å². The zero-order valence-corrected chi connectivity index (χ0v) is 19.4. The second kappa shape index (κ2) is 7.59. The second-order valence-electron chi connectivity index (χ2n) is 9.31. The smallest absolute Gasteiger partial charge is 0.261 e. The minimum absolute atomic E-state index is 0.0237. The van der Waals surface area contributed by atoms with Crippen molar-refractivity contribution in [3.8, 4) is 0 Å². The molecule has 0 aromatic heterocycles. The topological polar surface area (TPSA) is 60.4 Å². The maximum absolute atomic E-state index is 12.9. The molecule has 2 aromatic rings. The minimum Gasteiger partial charge on any atom is -0.403 e. The summed E-state index contributed by atoms with van der Waals surface area (Å²) in [6, 6.07) is 20.4. The molecule has 4 rings (SSSR count). The lowest BCUT2D eigenvalue weighted by Gasteiger charge is -2.45.